The zero-order valence-electron chi connectivity index (χ0n) is 11.7. The van der Waals surface area contributed by atoms with E-state index in [2.05, 4.69) is 10.3 Å². The van der Waals surface area contributed by atoms with E-state index in [1.165, 1.54) is 21.9 Å². The number of carbonyl (C=O) groups is 1. The predicted octanol–water partition coefficient (Wildman–Crippen LogP) is 1.70. The van der Waals surface area contributed by atoms with Crippen LogP contribution in [-0.2, 0) is 6.54 Å². The lowest BCUT2D eigenvalue weighted by Crippen LogP contribution is -2.31. The second kappa shape index (κ2) is 5.61. The highest BCUT2D eigenvalue weighted by Crippen LogP contribution is 2.13. The van der Waals surface area contributed by atoms with Crippen molar-refractivity contribution in [1.82, 2.24) is 14.7 Å². The first kappa shape index (κ1) is 14.3. The fraction of sp³-hybridized carbons (Fsp3) is 0.133. The third kappa shape index (κ3) is 2.58. The van der Waals surface area contributed by atoms with Crippen LogP contribution in [0.3, 0.4) is 0 Å². The molecule has 0 bridgehead atoms. The van der Waals surface area contributed by atoms with Gasteiger partial charge in [-0.2, -0.15) is 4.98 Å². The van der Waals surface area contributed by atoms with E-state index in [4.69, 9.17) is 0 Å². The van der Waals surface area contributed by atoms with E-state index in [1.807, 2.05) is 24.4 Å². The molecule has 7 heteroatoms. The molecule has 1 amide bonds. The maximum Gasteiger partial charge on any atom is 0.274 e. The molecule has 2 N–H and O–H groups in total. The molecule has 3 rings (SSSR count). The molecule has 0 aromatic carbocycles. The summed E-state index contributed by atoms with van der Waals surface area (Å²) in [6.07, 6.45) is 1.54. The van der Waals surface area contributed by atoms with Crippen molar-refractivity contribution < 1.29 is 9.90 Å². The van der Waals surface area contributed by atoms with Crippen molar-refractivity contribution >= 4 is 22.9 Å². The minimum absolute atomic E-state index is 0.298. The van der Waals surface area contributed by atoms with Crippen LogP contribution < -0.4 is 10.9 Å². The van der Waals surface area contributed by atoms with Crippen LogP contribution in [0.2, 0.25) is 0 Å². The number of nitrogens with one attached hydrogen (secondary N) is 1. The Morgan fingerprint density at radius 3 is 3.00 bits per heavy atom. The fourth-order valence-electron chi connectivity index (χ4n) is 2.10. The highest BCUT2D eigenvalue weighted by Gasteiger charge is 2.19. The molecule has 3 heterocycles. The van der Waals surface area contributed by atoms with Crippen LogP contribution in [0.15, 0.2) is 40.6 Å². The Hall–Kier alpha value is -2.67. The summed E-state index contributed by atoms with van der Waals surface area (Å²) in [5, 5.41) is 14.4. The summed E-state index contributed by atoms with van der Waals surface area (Å²) >= 11 is 1.50. The number of rotatable bonds is 3. The van der Waals surface area contributed by atoms with Crippen molar-refractivity contribution in [2.75, 3.05) is 0 Å². The molecule has 0 radical (unpaired) electrons. The first-order chi connectivity index (χ1) is 10.6. The van der Waals surface area contributed by atoms with Gasteiger partial charge in [0.2, 0.25) is 5.88 Å². The standard InChI is InChI=1S/C15H13N3O3S/c1-9-4-5-18-11(7-9)17-14(20)12(15(18)21)13(19)16-8-10-3-2-6-22-10/h2-7,20H,8H2,1H3,(H,16,19). The van der Waals surface area contributed by atoms with Gasteiger partial charge in [-0.25, -0.2) is 0 Å². The number of thiophene rings is 1. The number of pyridine rings is 1. The average molecular weight is 315 g/mol. The average Bonchev–Trinajstić information content (AvgIpc) is 2.98. The molecule has 22 heavy (non-hydrogen) atoms. The van der Waals surface area contributed by atoms with E-state index >= 15 is 0 Å². The second-order valence-corrected chi connectivity index (χ2v) is 5.84. The lowest BCUT2D eigenvalue weighted by Gasteiger charge is -2.07. The molecular weight excluding hydrogens is 302 g/mol. The van der Waals surface area contributed by atoms with Crippen molar-refractivity contribution in [2.45, 2.75) is 13.5 Å². The normalized spacial score (nSPS) is 10.8. The number of hydrogen-bond acceptors (Lipinski definition) is 5. The lowest BCUT2D eigenvalue weighted by atomic mass is 10.2. The van der Waals surface area contributed by atoms with E-state index in [0.717, 1.165) is 10.4 Å². The van der Waals surface area contributed by atoms with Gasteiger partial charge in [-0.1, -0.05) is 6.07 Å². The van der Waals surface area contributed by atoms with Gasteiger partial charge in [0.05, 0.1) is 6.54 Å². The van der Waals surface area contributed by atoms with E-state index in [9.17, 15) is 14.7 Å². The minimum atomic E-state index is -0.640. The second-order valence-electron chi connectivity index (χ2n) is 4.81. The Kier molecular flexibility index (Phi) is 3.64. The first-order valence-electron chi connectivity index (χ1n) is 6.59. The summed E-state index contributed by atoms with van der Waals surface area (Å²) in [6.45, 7) is 2.15. The number of carbonyl (C=O) groups excluding carboxylic acids is 1. The van der Waals surface area contributed by atoms with Crippen LogP contribution in [0.25, 0.3) is 5.65 Å². The van der Waals surface area contributed by atoms with Crippen LogP contribution in [0, 0.1) is 6.92 Å². The maximum absolute atomic E-state index is 12.4. The van der Waals surface area contributed by atoms with Gasteiger partial charge in [0.1, 0.15) is 5.65 Å². The summed E-state index contributed by atoms with van der Waals surface area (Å²) in [5.74, 6) is -1.20. The van der Waals surface area contributed by atoms with E-state index in [-0.39, 0.29) is 5.56 Å². The zero-order valence-corrected chi connectivity index (χ0v) is 12.6. The molecule has 0 fully saturated rings. The molecule has 6 nitrogen and oxygen atoms in total. The van der Waals surface area contributed by atoms with Gasteiger partial charge in [-0.15, -0.1) is 11.3 Å². The Bertz CT molecular complexity index is 900. The van der Waals surface area contributed by atoms with Gasteiger partial charge in [-0.05, 0) is 36.1 Å². The Balaban J connectivity index is 1.97. The van der Waals surface area contributed by atoms with Gasteiger partial charge in [0.25, 0.3) is 11.5 Å². The quantitative estimate of drug-likeness (QED) is 0.770. The number of aromatic nitrogens is 2. The van der Waals surface area contributed by atoms with E-state index in [1.54, 1.807) is 12.1 Å². The molecule has 0 saturated heterocycles. The summed E-state index contributed by atoms with van der Waals surface area (Å²) in [4.78, 5) is 29.4. The predicted molar refractivity (Wildman–Crippen MR) is 83.4 cm³/mol. The van der Waals surface area contributed by atoms with Crippen molar-refractivity contribution in [2.24, 2.45) is 0 Å². The van der Waals surface area contributed by atoms with Crippen LogP contribution >= 0.6 is 11.3 Å². The summed E-state index contributed by atoms with van der Waals surface area (Å²) in [5.41, 5.74) is 0.266. The third-order valence-corrected chi connectivity index (χ3v) is 4.07. The number of hydrogen-bond donors (Lipinski definition) is 2. The molecule has 0 unspecified atom stereocenters. The molecule has 3 aromatic rings. The molecule has 0 saturated carbocycles. The Morgan fingerprint density at radius 2 is 2.27 bits per heavy atom. The topological polar surface area (TPSA) is 83.7 Å². The van der Waals surface area contributed by atoms with Crippen LogP contribution in [0.5, 0.6) is 5.88 Å². The summed E-state index contributed by atoms with van der Waals surface area (Å²) in [6, 6.07) is 7.15. The fourth-order valence-corrected chi connectivity index (χ4v) is 2.74. The Morgan fingerprint density at radius 1 is 1.45 bits per heavy atom. The largest absolute Gasteiger partial charge is 0.493 e. The van der Waals surface area contributed by atoms with E-state index in [0.29, 0.717) is 12.2 Å². The van der Waals surface area contributed by atoms with Gasteiger partial charge in [0.15, 0.2) is 5.56 Å². The zero-order chi connectivity index (χ0) is 15.7. The minimum Gasteiger partial charge on any atom is -0.493 e. The molecule has 0 aliphatic rings. The van der Waals surface area contributed by atoms with Gasteiger partial charge in [0, 0.05) is 11.1 Å². The monoisotopic (exact) mass is 315 g/mol. The van der Waals surface area contributed by atoms with Crippen LogP contribution in [0.4, 0.5) is 0 Å². The van der Waals surface area contributed by atoms with Crippen molar-refractivity contribution in [3.05, 3.63) is 62.2 Å². The van der Waals surface area contributed by atoms with E-state index < -0.39 is 17.3 Å². The SMILES string of the molecule is Cc1ccn2c(=O)c(C(=O)NCc3cccs3)c(O)nc2c1. The van der Waals surface area contributed by atoms with Crippen LogP contribution in [-0.4, -0.2) is 20.4 Å². The number of amides is 1. The summed E-state index contributed by atoms with van der Waals surface area (Å²) < 4.78 is 1.24. The molecule has 0 aliphatic carbocycles. The molecule has 0 atom stereocenters. The summed E-state index contributed by atoms with van der Waals surface area (Å²) in [7, 11) is 0. The third-order valence-electron chi connectivity index (χ3n) is 3.20. The smallest absolute Gasteiger partial charge is 0.274 e. The molecule has 0 spiro atoms. The number of aromatic hydroxyl groups is 1. The highest BCUT2D eigenvalue weighted by atomic mass is 32.1. The van der Waals surface area contributed by atoms with Gasteiger partial charge >= 0.3 is 0 Å². The van der Waals surface area contributed by atoms with Crippen LogP contribution in [0.1, 0.15) is 20.8 Å². The molecule has 0 aliphatic heterocycles. The van der Waals surface area contributed by atoms with Crippen molar-refractivity contribution in [3.8, 4) is 5.88 Å². The first-order valence-corrected chi connectivity index (χ1v) is 7.47. The Labute approximate surface area is 129 Å². The number of aryl methyl sites for hydroxylation is 1. The number of fused-ring (bicyclic) bond motifs is 1. The number of nitrogens with zero attached hydrogens (tertiary/aromatic N) is 2. The molecule has 112 valence electrons. The maximum atomic E-state index is 12.4. The van der Waals surface area contributed by atoms with Gasteiger partial charge < -0.3 is 10.4 Å². The molecular formula is C15H13N3O3S. The molecule has 3 aromatic heterocycles. The highest BCUT2D eigenvalue weighted by molar-refractivity contribution is 7.09. The van der Waals surface area contributed by atoms with Gasteiger partial charge in [-0.3, -0.25) is 14.0 Å². The van der Waals surface area contributed by atoms with Crippen molar-refractivity contribution in [1.29, 1.82) is 0 Å². The lowest BCUT2D eigenvalue weighted by molar-refractivity contribution is 0.0946. The van der Waals surface area contributed by atoms with Crippen molar-refractivity contribution in [3.63, 3.8) is 0 Å².